The van der Waals surface area contributed by atoms with E-state index in [4.69, 9.17) is 0 Å². The number of nitrogens with one attached hydrogen (secondary N) is 1. The fraction of sp³-hybridized carbons (Fsp3) is 1.00. The largest absolute Gasteiger partial charge is 0.311 e. The van der Waals surface area contributed by atoms with Crippen molar-refractivity contribution in [1.82, 2.24) is 10.2 Å². The molecule has 17 heavy (non-hydrogen) atoms. The maximum Gasteiger partial charge on any atom is 0.0306 e. The van der Waals surface area contributed by atoms with Crippen molar-refractivity contribution in [1.29, 1.82) is 0 Å². The molecule has 2 aliphatic rings. The minimum absolute atomic E-state index is 0.389. The van der Waals surface area contributed by atoms with Crippen molar-refractivity contribution in [3.8, 4) is 0 Å². The van der Waals surface area contributed by atoms with E-state index in [-0.39, 0.29) is 0 Å². The molecule has 2 rings (SSSR count). The highest BCUT2D eigenvalue weighted by molar-refractivity contribution is 4.99. The summed E-state index contributed by atoms with van der Waals surface area (Å²) in [6.07, 6.45) is 7.02. The molecule has 0 radical (unpaired) electrons. The van der Waals surface area contributed by atoms with Crippen LogP contribution in [-0.4, -0.2) is 35.6 Å². The summed E-state index contributed by atoms with van der Waals surface area (Å²) in [4.78, 5) is 2.85. The van der Waals surface area contributed by atoms with Gasteiger partial charge in [-0.1, -0.05) is 33.6 Å². The Bertz CT molecular complexity index is 245. The zero-order valence-corrected chi connectivity index (χ0v) is 12.1. The van der Waals surface area contributed by atoms with E-state index in [1.807, 2.05) is 0 Å². The van der Waals surface area contributed by atoms with E-state index < -0.39 is 0 Å². The molecule has 0 amide bonds. The lowest BCUT2D eigenvalue weighted by Gasteiger charge is -2.51. The topological polar surface area (TPSA) is 15.3 Å². The van der Waals surface area contributed by atoms with E-state index in [0.29, 0.717) is 11.6 Å². The Kier molecular flexibility index (Phi) is 4.14. The summed E-state index contributed by atoms with van der Waals surface area (Å²) >= 11 is 0. The summed E-state index contributed by atoms with van der Waals surface area (Å²) in [5.74, 6) is 0.750. The molecule has 0 aromatic carbocycles. The fourth-order valence-electron chi connectivity index (χ4n) is 3.53. The van der Waals surface area contributed by atoms with Crippen LogP contribution in [0.4, 0.5) is 0 Å². The second kappa shape index (κ2) is 5.27. The van der Waals surface area contributed by atoms with Crippen LogP contribution in [0.5, 0.6) is 0 Å². The quantitative estimate of drug-likeness (QED) is 0.813. The molecule has 1 aliphatic carbocycles. The summed E-state index contributed by atoms with van der Waals surface area (Å²) in [6.45, 7) is 11.9. The Hall–Kier alpha value is -0.0800. The molecule has 1 aliphatic heterocycles. The molecule has 2 fully saturated rings. The van der Waals surface area contributed by atoms with Crippen LogP contribution in [-0.2, 0) is 0 Å². The highest BCUT2D eigenvalue weighted by Gasteiger charge is 2.41. The molecule has 1 N–H and O–H groups in total. The fourth-order valence-corrected chi connectivity index (χ4v) is 3.53. The number of hydrogen-bond donors (Lipinski definition) is 1. The van der Waals surface area contributed by atoms with Gasteiger partial charge >= 0.3 is 0 Å². The normalized spacial score (nSPS) is 36.9. The Morgan fingerprint density at radius 1 is 1.29 bits per heavy atom. The molecular formula is C15H30N2. The summed E-state index contributed by atoms with van der Waals surface area (Å²) in [6, 6.07) is 1.55. The molecule has 2 heteroatoms. The summed E-state index contributed by atoms with van der Waals surface area (Å²) in [5, 5.41) is 3.77. The second-order valence-electron chi connectivity index (χ2n) is 6.67. The van der Waals surface area contributed by atoms with Gasteiger partial charge in [0.25, 0.3) is 0 Å². The van der Waals surface area contributed by atoms with E-state index in [2.05, 4.69) is 37.9 Å². The van der Waals surface area contributed by atoms with E-state index in [0.717, 1.165) is 12.0 Å². The molecular weight excluding hydrogens is 208 g/mol. The van der Waals surface area contributed by atoms with Crippen LogP contribution < -0.4 is 5.32 Å². The van der Waals surface area contributed by atoms with E-state index in [1.165, 1.54) is 45.2 Å². The average Bonchev–Trinajstić information content (AvgIpc) is 2.82. The van der Waals surface area contributed by atoms with Gasteiger partial charge in [0.1, 0.15) is 0 Å². The van der Waals surface area contributed by atoms with Crippen molar-refractivity contribution >= 4 is 0 Å². The average molecular weight is 238 g/mol. The van der Waals surface area contributed by atoms with Crippen molar-refractivity contribution in [3.05, 3.63) is 0 Å². The van der Waals surface area contributed by atoms with Crippen molar-refractivity contribution < 1.29 is 0 Å². The molecule has 2 nitrogen and oxygen atoms in total. The predicted molar refractivity (Wildman–Crippen MR) is 74.3 cm³/mol. The monoisotopic (exact) mass is 238 g/mol. The van der Waals surface area contributed by atoms with Crippen molar-refractivity contribution in [2.75, 3.05) is 13.1 Å². The maximum absolute atomic E-state index is 3.77. The summed E-state index contributed by atoms with van der Waals surface area (Å²) in [7, 11) is 0. The number of nitrogens with zero attached hydrogens (tertiary/aromatic N) is 1. The lowest BCUT2D eigenvalue weighted by Crippen LogP contribution is -2.66. The Morgan fingerprint density at radius 3 is 2.47 bits per heavy atom. The molecule has 0 aromatic heterocycles. The smallest absolute Gasteiger partial charge is 0.0306 e. The van der Waals surface area contributed by atoms with Gasteiger partial charge in [0.15, 0.2) is 0 Å². The van der Waals surface area contributed by atoms with Crippen LogP contribution >= 0.6 is 0 Å². The molecule has 0 bridgehead atoms. The predicted octanol–water partition coefficient (Wildman–Crippen LogP) is 3.03. The van der Waals surface area contributed by atoms with Crippen LogP contribution in [0.2, 0.25) is 0 Å². The minimum atomic E-state index is 0.389. The van der Waals surface area contributed by atoms with E-state index in [1.54, 1.807) is 0 Å². The van der Waals surface area contributed by atoms with Gasteiger partial charge in [-0.2, -0.15) is 0 Å². The number of hydrogen-bond acceptors (Lipinski definition) is 2. The highest BCUT2D eigenvalue weighted by Crippen LogP contribution is 2.33. The highest BCUT2D eigenvalue weighted by atomic mass is 15.3. The maximum atomic E-state index is 3.77. The lowest BCUT2D eigenvalue weighted by atomic mass is 9.87. The van der Waals surface area contributed by atoms with Gasteiger partial charge in [-0.25, -0.2) is 0 Å². The van der Waals surface area contributed by atoms with Crippen LogP contribution in [0.15, 0.2) is 0 Å². The molecule has 1 heterocycles. The molecule has 100 valence electrons. The molecule has 2 unspecified atom stereocenters. The first-order valence-electron chi connectivity index (χ1n) is 7.57. The number of rotatable bonds is 3. The SMILES string of the molecule is CCC1(C)CNC(C(C)C)CN1C1CCCC1. The third-order valence-electron chi connectivity index (χ3n) is 5.16. The summed E-state index contributed by atoms with van der Waals surface area (Å²) in [5.41, 5.74) is 0.389. The molecule has 0 aromatic rings. The van der Waals surface area contributed by atoms with Gasteiger partial charge in [0.05, 0.1) is 0 Å². The Balaban J connectivity index is 2.09. The first kappa shape index (κ1) is 13.4. The third-order valence-corrected chi connectivity index (χ3v) is 5.16. The summed E-state index contributed by atoms with van der Waals surface area (Å²) < 4.78 is 0. The van der Waals surface area contributed by atoms with Gasteiger partial charge in [-0.3, -0.25) is 4.90 Å². The van der Waals surface area contributed by atoms with Gasteiger partial charge in [0.2, 0.25) is 0 Å². The van der Waals surface area contributed by atoms with Crippen LogP contribution in [0.25, 0.3) is 0 Å². The molecule has 1 saturated carbocycles. The minimum Gasteiger partial charge on any atom is -0.311 e. The second-order valence-corrected chi connectivity index (χ2v) is 6.67. The zero-order valence-electron chi connectivity index (χ0n) is 12.1. The van der Waals surface area contributed by atoms with Crippen LogP contribution in [0.3, 0.4) is 0 Å². The molecule has 2 atom stereocenters. The van der Waals surface area contributed by atoms with Crippen molar-refractivity contribution in [2.45, 2.75) is 77.4 Å². The van der Waals surface area contributed by atoms with Gasteiger partial charge in [-0.05, 0) is 32.1 Å². The first-order chi connectivity index (χ1) is 8.07. The van der Waals surface area contributed by atoms with Crippen molar-refractivity contribution in [2.24, 2.45) is 5.92 Å². The zero-order chi connectivity index (χ0) is 12.5. The molecule has 0 spiro atoms. The Morgan fingerprint density at radius 2 is 1.94 bits per heavy atom. The standard InChI is InChI=1S/C15H30N2/c1-5-15(4)11-16-14(12(2)3)10-17(15)13-8-6-7-9-13/h12-14,16H,5-11H2,1-4H3. The first-order valence-corrected chi connectivity index (χ1v) is 7.57. The van der Waals surface area contributed by atoms with Gasteiger partial charge < -0.3 is 5.32 Å². The van der Waals surface area contributed by atoms with Gasteiger partial charge in [0, 0.05) is 30.7 Å². The number of piperazine rings is 1. The Labute approximate surface area is 107 Å². The van der Waals surface area contributed by atoms with Crippen LogP contribution in [0, 0.1) is 5.92 Å². The van der Waals surface area contributed by atoms with Crippen LogP contribution in [0.1, 0.15) is 59.8 Å². The van der Waals surface area contributed by atoms with E-state index >= 15 is 0 Å². The lowest BCUT2D eigenvalue weighted by molar-refractivity contribution is 0.00401. The molecule has 1 saturated heterocycles. The third kappa shape index (κ3) is 2.68. The van der Waals surface area contributed by atoms with Gasteiger partial charge in [-0.15, -0.1) is 0 Å². The van der Waals surface area contributed by atoms with E-state index in [9.17, 15) is 0 Å². The van der Waals surface area contributed by atoms with Crippen molar-refractivity contribution in [3.63, 3.8) is 0 Å².